The van der Waals surface area contributed by atoms with Crippen LogP contribution in [0.2, 0.25) is 0 Å². The predicted octanol–water partition coefficient (Wildman–Crippen LogP) is 7.00. The van der Waals surface area contributed by atoms with Crippen LogP contribution < -0.4 is 0 Å². The molecule has 3 aromatic carbocycles. The highest BCUT2D eigenvalue weighted by Crippen LogP contribution is 2.45. The molecular formula is C33H30N2O3. The van der Waals surface area contributed by atoms with Crippen LogP contribution in [0.1, 0.15) is 59.5 Å². The molecule has 1 aliphatic carbocycles. The average Bonchev–Trinajstić information content (AvgIpc) is 3.28. The van der Waals surface area contributed by atoms with Gasteiger partial charge in [-0.05, 0) is 78.6 Å². The Kier molecular flexibility index (Phi) is 5.72. The summed E-state index contributed by atoms with van der Waals surface area (Å²) in [5.74, 6) is 0.157. The van der Waals surface area contributed by atoms with Crippen molar-refractivity contribution < 1.29 is 14.3 Å². The van der Waals surface area contributed by atoms with E-state index in [4.69, 9.17) is 4.74 Å². The van der Waals surface area contributed by atoms with E-state index in [0.717, 1.165) is 35.7 Å². The molecule has 3 aliphatic rings. The van der Waals surface area contributed by atoms with Gasteiger partial charge in [-0.3, -0.25) is 9.78 Å². The maximum atomic E-state index is 13.5. The Labute approximate surface area is 222 Å². The van der Waals surface area contributed by atoms with E-state index in [2.05, 4.69) is 53.5 Å². The smallest absolute Gasteiger partial charge is 0.410 e. The molecule has 0 spiro atoms. The fourth-order valence-corrected chi connectivity index (χ4v) is 7.03. The highest BCUT2D eigenvalue weighted by molar-refractivity contribution is 6.01. The third kappa shape index (κ3) is 3.89. The first-order valence-electron chi connectivity index (χ1n) is 13.7. The zero-order valence-electron chi connectivity index (χ0n) is 21.3. The summed E-state index contributed by atoms with van der Waals surface area (Å²) in [5.41, 5.74) is 6.52. The summed E-state index contributed by atoms with van der Waals surface area (Å²) >= 11 is 0. The van der Waals surface area contributed by atoms with Crippen molar-refractivity contribution >= 4 is 22.8 Å². The molecule has 2 aliphatic heterocycles. The van der Waals surface area contributed by atoms with Crippen molar-refractivity contribution in [3.63, 3.8) is 0 Å². The Morgan fingerprint density at radius 2 is 1.53 bits per heavy atom. The number of benzene rings is 3. The Hall–Kier alpha value is -3.99. The van der Waals surface area contributed by atoms with Gasteiger partial charge in [0.1, 0.15) is 6.61 Å². The van der Waals surface area contributed by atoms with E-state index in [1.807, 2.05) is 35.2 Å². The lowest BCUT2D eigenvalue weighted by molar-refractivity contribution is 0.00651. The zero-order valence-corrected chi connectivity index (χ0v) is 21.3. The van der Waals surface area contributed by atoms with Crippen molar-refractivity contribution in [3.05, 3.63) is 102 Å². The molecule has 0 radical (unpaired) electrons. The van der Waals surface area contributed by atoms with E-state index in [0.29, 0.717) is 19.4 Å². The molecule has 7 rings (SSSR count). The van der Waals surface area contributed by atoms with Crippen LogP contribution in [0.25, 0.3) is 22.0 Å². The molecule has 3 heterocycles. The number of rotatable bonds is 4. The van der Waals surface area contributed by atoms with E-state index in [9.17, 15) is 9.59 Å². The number of carbonyl (C=O) groups excluding carboxylic acids is 2. The summed E-state index contributed by atoms with van der Waals surface area (Å²) in [5, 5.41) is 0.981. The van der Waals surface area contributed by atoms with Crippen molar-refractivity contribution in [3.8, 4) is 11.1 Å². The SMILES string of the molecule is O=C(c1ccc2ncccc2c1)C1CC2CCCC(C1)N2C(=O)OCC1c2ccccc2-c2ccccc21. The molecule has 4 aromatic rings. The number of hydrogen-bond donors (Lipinski definition) is 0. The first-order chi connectivity index (χ1) is 18.7. The number of fused-ring (bicyclic) bond motifs is 6. The molecule has 5 nitrogen and oxygen atoms in total. The second-order valence-corrected chi connectivity index (χ2v) is 10.9. The second-order valence-electron chi connectivity index (χ2n) is 10.9. The van der Waals surface area contributed by atoms with Gasteiger partial charge in [-0.2, -0.15) is 0 Å². The number of pyridine rings is 1. The highest BCUT2D eigenvalue weighted by Gasteiger charge is 2.44. The minimum absolute atomic E-state index is 0.0488. The van der Waals surface area contributed by atoms with E-state index < -0.39 is 0 Å². The molecule has 38 heavy (non-hydrogen) atoms. The van der Waals surface area contributed by atoms with E-state index in [1.54, 1.807) is 6.20 Å². The number of aromatic nitrogens is 1. The maximum Gasteiger partial charge on any atom is 0.410 e. The van der Waals surface area contributed by atoms with Gasteiger partial charge < -0.3 is 9.64 Å². The molecule has 1 aromatic heterocycles. The zero-order chi connectivity index (χ0) is 25.6. The fraction of sp³-hybridized carbons (Fsp3) is 0.303. The monoisotopic (exact) mass is 502 g/mol. The number of Topliss-reactive ketones (excluding diaryl/α,β-unsaturated/α-hetero) is 1. The Balaban J connectivity index is 1.07. The van der Waals surface area contributed by atoms with Crippen molar-refractivity contribution in [1.29, 1.82) is 0 Å². The third-order valence-electron chi connectivity index (χ3n) is 8.78. The topological polar surface area (TPSA) is 59.5 Å². The quantitative estimate of drug-likeness (QED) is 0.282. The molecule has 1 amide bonds. The predicted molar refractivity (Wildman–Crippen MR) is 147 cm³/mol. The van der Waals surface area contributed by atoms with E-state index >= 15 is 0 Å². The molecule has 2 atom stereocenters. The van der Waals surface area contributed by atoms with Gasteiger partial charge in [-0.1, -0.05) is 54.6 Å². The molecule has 2 fully saturated rings. The van der Waals surface area contributed by atoms with Crippen molar-refractivity contribution in [2.24, 2.45) is 5.92 Å². The lowest BCUT2D eigenvalue weighted by Crippen LogP contribution is -2.55. The van der Waals surface area contributed by atoms with E-state index in [-0.39, 0.29) is 35.8 Å². The molecule has 2 unspecified atom stereocenters. The molecular weight excluding hydrogens is 472 g/mol. The summed E-state index contributed by atoms with van der Waals surface area (Å²) in [7, 11) is 0. The van der Waals surface area contributed by atoms with E-state index in [1.165, 1.54) is 22.3 Å². The van der Waals surface area contributed by atoms with Gasteiger partial charge in [0.15, 0.2) is 5.78 Å². The van der Waals surface area contributed by atoms with Crippen LogP contribution in [0.3, 0.4) is 0 Å². The Morgan fingerprint density at radius 3 is 2.24 bits per heavy atom. The molecule has 2 saturated heterocycles. The van der Waals surface area contributed by atoms with Crippen LogP contribution in [-0.4, -0.2) is 40.5 Å². The number of carbonyl (C=O) groups is 2. The van der Waals surface area contributed by atoms with Crippen molar-refractivity contribution in [2.75, 3.05) is 6.61 Å². The van der Waals surface area contributed by atoms with Gasteiger partial charge in [-0.15, -0.1) is 0 Å². The first kappa shape index (κ1) is 23.2. The number of hydrogen-bond acceptors (Lipinski definition) is 4. The van der Waals surface area contributed by atoms with Gasteiger partial charge in [0, 0.05) is 41.1 Å². The fourth-order valence-electron chi connectivity index (χ4n) is 7.03. The van der Waals surface area contributed by atoms with Gasteiger partial charge in [-0.25, -0.2) is 4.79 Å². The van der Waals surface area contributed by atoms with Crippen LogP contribution in [0.15, 0.2) is 85.1 Å². The first-order valence-corrected chi connectivity index (χ1v) is 13.7. The second kappa shape index (κ2) is 9.39. The summed E-state index contributed by atoms with van der Waals surface area (Å²) < 4.78 is 6.04. The summed E-state index contributed by atoms with van der Waals surface area (Å²) in [4.78, 5) is 33.4. The standard InChI is InChI=1S/C33H30N2O3/c36-32(22-14-15-31-21(17-22)7-6-16-34-31)23-18-24-8-5-9-25(19-23)35(24)33(37)38-20-30-28-12-3-1-10-26(28)27-11-2-4-13-29(27)30/h1-4,6-7,10-17,23-25,30H,5,8-9,18-20H2. The lowest BCUT2D eigenvalue weighted by Gasteiger charge is -2.47. The van der Waals surface area contributed by atoms with Crippen molar-refractivity contribution in [1.82, 2.24) is 9.88 Å². The summed E-state index contributed by atoms with van der Waals surface area (Å²) in [6.45, 7) is 0.330. The van der Waals surface area contributed by atoms with Gasteiger partial charge in [0.05, 0.1) is 5.52 Å². The minimum Gasteiger partial charge on any atom is -0.448 e. The van der Waals surface area contributed by atoms with Crippen LogP contribution in [0, 0.1) is 5.92 Å². The third-order valence-corrected chi connectivity index (χ3v) is 8.78. The Bertz CT molecular complexity index is 1490. The number of amides is 1. The number of nitrogens with zero attached hydrogens (tertiary/aromatic N) is 2. The number of ketones is 1. The normalized spacial score (nSPS) is 22.1. The number of ether oxygens (including phenoxy) is 1. The molecule has 0 saturated carbocycles. The molecule has 5 heteroatoms. The van der Waals surface area contributed by atoms with Gasteiger partial charge in [0.25, 0.3) is 0 Å². The average molecular weight is 503 g/mol. The minimum atomic E-state index is -0.232. The van der Waals surface area contributed by atoms with Crippen molar-refractivity contribution in [2.45, 2.75) is 50.1 Å². The van der Waals surface area contributed by atoms with Crippen LogP contribution in [-0.2, 0) is 4.74 Å². The number of piperidine rings is 2. The lowest BCUT2D eigenvalue weighted by atomic mass is 9.76. The summed E-state index contributed by atoms with van der Waals surface area (Å²) in [6, 6.07) is 26.6. The maximum absolute atomic E-state index is 13.5. The molecule has 2 bridgehead atoms. The van der Waals surface area contributed by atoms with Gasteiger partial charge >= 0.3 is 6.09 Å². The van der Waals surface area contributed by atoms with Crippen LogP contribution in [0.4, 0.5) is 4.79 Å². The highest BCUT2D eigenvalue weighted by atomic mass is 16.6. The van der Waals surface area contributed by atoms with Gasteiger partial charge in [0.2, 0.25) is 0 Å². The Morgan fingerprint density at radius 1 is 0.842 bits per heavy atom. The largest absolute Gasteiger partial charge is 0.448 e. The molecule has 190 valence electrons. The van der Waals surface area contributed by atoms with Crippen LogP contribution >= 0.6 is 0 Å². The molecule has 0 N–H and O–H groups in total. The summed E-state index contributed by atoms with van der Waals surface area (Å²) in [6.07, 6.45) is 5.87. The van der Waals surface area contributed by atoms with Crippen LogP contribution in [0.5, 0.6) is 0 Å².